The number of ether oxygens (including phenoxy) is 1. The number of nitrogens with one attached hydrogen (secondary N) is 1. The summed E-state index contributed by atoms with van der Waals surface area (Å²) in [4.78, 5) is 4.51. The molecule has 0 atom stereocenters. The van der Waals surface area contributed by atoms with Crippen molar-refractivity contribution in [3.05, 3.63) is 78.2 Å². The molecule has 1 aliphatic carbocycles. The van der Waals surface area contributed by atoms with Gasteiger partial charge >= 0.3 is 0 Å². The molecular weight excluding hydrogens is 296 g/mol. The van der Waals surface area contributed by atoms with Crippen LogP contribution in [0.15, 0.2) is 66.9 Å². The molecule has 1 aliphatic rings. The first kappa shape index (κ1) is 16.1. The fourth-order valence-electron chi connectivity index (χ4n) is 2.75. The van der Waals surface area contributed by atoms with E-state index in [1.165, 1.54) is 11.1 Å². The summed E-state index contributed by atoms with van der Waals surface area (Å²) in [6, 6.07) is 10.3. The van der Waals surface area contributed by atoms with Crippen molar-refractivity contribution in [2.24, 2.45) is 0 Å². The molecule has 24 heavy (non-hydrogen) atoms. The number of aryl methyl sites for hydroxylation is 1. The highest BCUT2D eigenvalue weighted by Gasteiger charge is 2.06. The minimum absolute atomic E-state index is 0.895. The number of allylic oxidation sites excluding steroid dienone is 6. The second-order valence-electron chi connectivity index (χ2n) is 5.64. The lowest BCUT2D eigenvalue weighted by molar-refractivity contribution is 0.410. The Hall–Kier alpha value is -2.81. The van der Waals surface area contributed by atoms with Crippen LogP contribution in [0.2, 0.25) is 0 Å². The fraction of sp³-hybridized carbons (Fsp3) is 0.190. The lowest BCUT2D eigenvalue weighted by Crippen LogP contribution is -1.96. The molecule has 0 radical (unpaired) electrons. The van der Waals surface area contributed by atoms with Crippen molar-refractivity contribution in [3.63, 3.8) is 0 Å². The maximum atomic E-state index is 5.39. The fourth-order valence-corrected chi connectivity index (χ4v) is 2.75. The molecule has 3 rings (SSSR count). The topological polar surface area (TPSA) is 34.2 Å². The standard InChI is InChI=1S/C21H22N2O/c1-3-16-14-18(10-11-21(16)24-2)23-19-12-13-22-20(15-19)17-8-6-4-5-7-9-17/h4-8,10-15H,3,9H2,1-2H3,(H,22,23). The van der Waals surface area contributed by atoms with E-state index in [2.05, 4.69) is 53.7 Å². The van der Waals surface area contributed by atoms with Crippen LogP contribution < -0.4 is 10.1 Å². The van der Waals surface area contributed by atoms with Gasteiger partial charge in [-0.2, -0.15) is 0 Å². The van der Waals surface area contributed by atoms with E-state index in [0.29, 0.717) is 0 Å². The summed E-state index contributed by atoms with van der Waals surface area (Å²) >= 11 is 0. The minimum Gasteiger partial charge on any atom is -0.496 e. The molecule has 1 heterocycles. The van der Waals surface area contributed by atoms with Gasteiger partial charge in [0.2, 0.25) is 0 Å². The quantitative estimate of drug-likeness (QED) is 0.812. The highest BCUT2D eigenvalue weighted by Crippen LogP contribution is 2.27. The predicted molar refractivity (Wildman–Crippen MR) is 101 cm³/mol. The average molecular weight is 318 g/mol. The number of rotatable bonds is 5. The smallest absolute Gasteiger partial charge is 0.122 e. The van der Waals surface area contributed by atoms with Gasteiger partial charge in [0, 0.05) is 17.6 Å². The molecule has 0 aliphatic heterocycles. The van der Waals surface area contributed by atoms with Crippen LogP contribution in [0.4, 0.5) is 11.4 Å². The van der Waals surface area contributed by atoms with Crippen LogP contribution in [-0.4, -0.2) is 12.1 Å². The van der Waals surface area contributed by atoms with Crippen LogP contribution in [0.1, 0.15) is 24.6 Å². The van der Waals surface area contributed by atoms with Gasteiger partial charge in [0.15, 0.2) is 0 Å². The first-order chi connectivity index (χ1) is 11.8. The molecule has 0 fully saturated rings. The number of benzene rings is 1. The third-order valence-electron chi connectivity index (χ3n) is 4.03. The molecule has 0 saturated carbocycles. The molecule has 3 heteroatoms. The van der Waals surface area contributed by atoms with Gasteiger partial charge in [0.25, 0.3) is 0 Å². The maximum Gasteiger partial charge on any atom is 0.122 e. The summed E-state index contributed by atoms with van der Waals surface area (Å²) in [5, 5.41) is 3.47. The number of nitrogens with zero attached hydrogens (tertiary/aromatic N) is 1. The third-order valence-corrected chi connectivity index (χ3v) is 4.03. The van der Waals surface area contributed by atoms with Crippen molar-refractivity contribution in [2.75, 3.05) is 12.4 Å². The van der Waals surface area contributed by atoms with E-state index >= 15 is 0 Å². The largest absolute Gasteiger partial charge is 0.496 e. The zero-order chi connectivity index (χ0) is 16.8. The third kappa shape index (κ3) is 3.74. The van der Waals surface area contributed by atoms with E-state index in [1.807, 2.05) is 30.5 Å². The first-order valence-electron chi connectivity index (χ1n) is 8.23. The molecule has 0 bridgehead atoms. The molecule has 3 nitrogen and oxygen atoms in total. The van der Waals surface area contributed by atoms with Crippen LogP contribution in [-0.2, 0) is 6.42 Å². The number of hydrogen-bond donors (Lipinski definition) is 1. The number of pyridine rings is 1. The highest BCUT2D eigenvalue weighted by atomic mass is 16.5. The SMILES string of the molecule is CCc1cc(Nc2ccnc(C3=CC=CC=CC3)c2)ccc1OC. The van der Waals surface area contributed by atoms with Crippen LogP contribution >= 0.6 is 0 Å². The van der Waals surface area contributed by atoms with E-state index in [1.54, 1.807) is 7.11 Å². The Labute approximate surface area is 143 Å². The normalized spacial score (nSPS) is 13.3. The molecule has 0 saturated heterocycles. The number of hydrogen-bond acceptors (Lipinski definition) is 3. The minimum atomic E-state index is 0.895. The number of anilines is 2. The van der Waals surface area contributed by atoms with E-state index < -0.39 is 0 Å². The van der Waals surface area contributed by atoms with Crippen molar-refractivity contribution >= 4 is 16.9 Å². The van der Waals surface area contributed by atoms with E-state index in [4.69, 9.17) is 4.74 Å². The lowest BCUT2D eigenvalue weighted by atomic mass is 10.1. The van der Waals surface area contributed by atoms with Gasteiger partial charge in [-0.25, -0.2) is 0 Å². The molecule has 1 aromatic carbocycles. The van der Waals surface area contributed by atoms with Gasteiger partial charge in [-0.05, 0) is 54.3 Å². The highest BCUT2D eigenvalue weighted by molar-refractivity contribution is 5.71. The number of aromatic nitrogens is 1. The summed E-state index contributed by atoms with van der Waals surface area (Å²) in [6.07, 6.45) is 14.1. The summed E-state index contributed by atoms with van der Waals surface area (Å²) in [5.74, 6) is 0.931. The first-order valence-corrected chi connectivity index (χ1v) is 8.23. The maximum absolute atomic E-state index is 5.39. The van der Waals surface area contributed by atoms with Crippen molar-refractivity contribution in [1.82, 2.24) is 4.98 Å². The Kier molecular flexibility index (Phi) is 5.12. The van der Waals surface area contributed by atoms with Gasteiger partial charge < -0.3 is 10.1 Å². The lowest BCUT2D eigenvalue weighted by Gasteiger charge is -2.12. The van der Waals surface area contributed by atoms with Crippen molar-refractivity contribution in [2.45, 2.75) is 19.8 Å². The van der Waals surface area contributed by atoms with E-state index in [9.17, 15) is 0 Å². The van der Waals surface area contributed by atoms with Gasteiger partial charge in [-0.1, -0.05) is 37.3 Å². The van der Waals surface area contributed by atoms with E-state index in [-0.39, 0.29) is 0 Å². The van der Waals surface area contributed by atoms with Crippen LogP contribution in [0.3, 0.4) is 0 Å². The average Bonchev–Trinajstić information content (AvgIpc) is 2.91. The van der Waals surface area contributed by atoms with Crippen LogP contribution in [0, 0.1) is 0 Å². The molecule has 122 valence electrons. The van der Waals surface area contributed by atoms with E-state index in [0.717, 1.165) is 35.7 Å². The Bertz CT molecular complexity index is 803. The zero-order valence-electron chi connectivity index (χ0n) is 14.1. The predicted octanol–water partition coefficient (Wildman–Crippen LogP) is 5.30. The molecule has 0 spiro atoms. The second kappa shape index (κ2) is 7.64. The summed E-state index contributed by atoms with van der Waals surface area (Å²) in [6.45, 7) is 2.13. The van der Waals surface area contributed by atoms with Crippen molar-refractivity contribution in [3.8, 4) is 5.75 Å². The van der Waals surface area contributed by atoms with Gasteiger partial charge in [0.05, 0.1) is 12.8 Å². The molecule has 1 N–H and O–H groups in total. The van der Waals surface area contributed by atoms with Crippen molar-refractivity contribution in [1.29, 1.82) is 0 Å². The second-order valence-corrected chi connectivity index (χ2v) is 5.64. The monoisotopic (exact) mass is 318 g/mol. The van der Waals surface area contributed by atoms with Gasteiger partial charge in [-0.3, -0.25) is 4.98 Å². The Morgan fingerprint density at radius 1 is 1.08 bits per heavy atom. The number of methoxy groups -OCH3 is 1. The summed E-state index contributed by atoms with van der Waals surface area (Å²) in [5.41, 5.74) is 5.50. The Morgan fingerprint density at radius 3 is 2.79 bits per heavy atom. The van der Waals surface area contributed by atoms with Crippen LogP contribution in [0.25, 0.3) is 5.57 Å². The molecular formula is C21H22N2O. The zero-order valence-corrected chi connectivity index (χ0v) is 14.1. The Balaban J connectivity index is 1.83. The van der Waals surface area contributed by atoms with Crippen LogP contribution in [0.5, 0.6) is 5.75 Å². The molecule has 0 unspecified atom stereocenters. The summed E-state index contributed by atoms with van der Waals surface area (Å²) in [7, 11) is 1.71. The molecule has 0 amide bonds. The molecule has 1 aromatic heterocycles. The van der Waals surface area contributed by atoms with Crippen molar-refractivity contribution < 1.29 is 4.74 Å². The Morgan fingerprint density at radius 2 is 1.96 bits per heavy atom. The van der Waals surface area contributed by atoms with Gasteiger partial charge in [0.1, 0.15) is 5.75 Å². The van der Waals surface area contributed by atoms with Gasteiger partial charge in [-0.15, -0.1) is 0 Å². The summed E-state index contributed by atoms with van der Waals surface area (Å²) < 4.78 is 5.39. The molecule has 2 aromatic rings.